The largest absolute Gasteiger partial charge is 0.481 e. The van der Waals surface area contributed by atoms with Crippen LogP contribution in [-0.2, 0) is 0 Å². The lowest BCUT2D eigenvalue weighted by atomic mass is 10.1. The Morgan fingerprint density at radius 1 is 1.44 bits per heavy atom. The first-order chi connectivity index (χ1) is 7.67. The summed E-state index contributed by atoms with van der Waals surface area (Å²) in [6.07, 6.45) is 3.40. The van der Waals surface area contributed by atoms with Gasteiger partial charge in [-0.2, -0.15) is 0 Å². The number of hydrogen-bond donors (Lipinski definition) is 0. The van der Waals surface area contributed by atoms with Gasteiger partial charge in [-0.05, 0) is 19.4 Å². The summed E-state index contributed by atoms with van der Waals surface area (Å²) < 4.78 is 10.4. The van der Waals surface area contributed by atoms with Gasteiger partial charge in [0.15, 0.2) is 6.10 Å². The molecule has 1 aromatic heterocycles. The van der Waals surface area contributed by atoms with Gasteiger partial charge in [0.25, 0.3) is 0 Å². The summed E-state index contributed by atoms with van der Waals surface area (Å²) in [6.45, 7) is 3.65. The summed E-state index contributed by atoms with van der Waals surface area (Å²) in [5, 5.41) is 0. The summed E-state index contributed by atoms with van der Waals surface area (Å²) in [4.78, 5) is 23.3. The molecule has 1 aromatic rings. The van der Waals surface area contributed by atoms with Crippen molar-refractivity contribution >= 4 is 11.9 Å². The number of allylic oxidation sites excluding steroid dienone is 1. The second kappa shape index (κ2) is 3.96. The maximum atomic E-state index is 11.7. The highest BCUT2D eigenvalue weighted by atomic mass is 16.5. The van der Waals surface area contributed by atoms with Gasteiger partial charge in [-0.1, -0.05) is 13.0 Å². The fourth-order valence-corrected chi connectivity index (χ4v) is 1.69. The van der Waals surface area contributed by atoms with Crippen molar-refractivity contribution in [1.82, 2.24) is 0 Å². The molecule has 84 valence electrons. The molecule has 2 heterocycles. The zero-order valence-electron chi connectivity index (χ0n) is 9.15. The number of carbonyl (C=O) groups excluding carboxylic acids is 1. The number of ether oxygens (including phenoxy) is 1. The Kier molecular flexibility index (Phi) is 2.64. The Balaban J connectivity index is 2.54. The first-order valence-corrected chi connectivity index (χ1v) is 5.19. The van der Waals surface area contributed by atoms with Crippen LogP contribution in [0.25, 0.3) is 6.08 Å². The monoisotopic (exact) mass is 220 g/mol. The van der Waals surface area contributed by atoms with Crippen LogP contribution in [0.3, 0.4) is 0 Å². The minimum Gasteiger partial charge on any atom is -0.481 e. The molecule has 4 heteroatoms. The number of ketones is 1. The molecule has 1 aliphatic heterocycles. The molecule has 0 spiro atoms. The molecular formula is C12H12O4. The van der Waals surface area contributed by atoms with Crippen LogP contribution in [0.5, 0.6) is 5.75 Å². The number of Topliss-reactive ketones (excluding diaryl/α,β-unsaturated/α-hetero) is 1. The number of hydrogen-bond acceptors (Lipinski definition) is 4. The van der Waals surface area contributed by atoms with E-state index in [-0.39, 0.29) is 11.3 Å². The molecule has 1 unspecified atom stereocenters. The second-order valence-electron chi connectivity index (χ2n) is 3.55. The number of rotatable bonds is 2. The average Bonchev–Trinajstić information content (AvgIpc) is 2.56. The lowest BCUT2D eigenvalue weighted by Crippen LogP contribution is -2.21. The highest BCUT2D eigenvalue weighted by molar-refractivity contribution is 6.04. The zero-order valence-corrected chi connectivity index (χ0v) is 9.15. The van der Waals surface area contributed by atoms with Gasteiger partial charge in [0.1, 0.15) is 17.1 Å². The van der Waals surface area contributed by atoms with Gasteiger partial charge < -0.3 is 9.15 Å². The first kappa shape index (κ1) is 10.7. The third-order valence-corrected chi connectivity index (χ3v) is 2.44. The molecule has 16 heavy (non-hydrogen) atoms. The lowest BCUT2D eigenvalue weighted by molar-refractivity contribution is 0.0852. The summed E-state index contributed by atoms with van der Waals surface area (Å²) >= 11 is 0. The average molecular weight is 220 g/mol. The van der Waals surface area contributed by atoms with Crippen LogP contribution in [0.2, 0.25) is 0 Å². The Labute approximate surface area is 92.5 Å². The third-order valence-electron chi connectivity index (χ3n) is 2.44. The van der Waals surface area contributed by atoms with E-state index in [0.717, 1.165) is 0 Å². The molecule has 0 aromatic carbocycles. The summed E-state index contributed by atoms with van der Waals surface area (Å²) in [7, 11) is 0. The molecule has 0 aliphatic carbocycles. The molecule has 0 N–H and O–H groups in total. The molecule has 0 amide bonds. The Morgan fingerprint density at radius 3 is 2.81 bits per heavy atom. The predicted octanol–water partition coefficient (Wildman–Crippen LogP) is 2.03. The molecule has 0 bridgehead atoms. The first-order valence-electron chi connectivity index (χ1n) is 5.19. The van der Waals surface area contributed by atoms with E-state index in [1.54, 1.807) is 18.2 Å². The van der Waals surface area contributed by atoms with E-state index in [9.17, 15) is 9.59 Å². The van der Waals surface area contributed by atoms with Crippen molar-refractivity contribution in [3.05, 3.63) is 33.9 Å². The van der Waals surface area contributed by atoms with Gasteiger partial charge in [0, 0.05) is 6.07 Å². The van der Waals surface area contributed by atoms with Gasteiger partial charge in [-0.15, -0.1) is 0 Å². The predicted molar refractivity (Wildman–Crippen MR) is 58.7 cm³/mol. The number of carbonyl (C=O) groups is 1. The Hall–Kier alpha value is -1.84. The minimum atomic E-state index is -0.619. The molecule has 2 rings (SSSR count). The van der Waals surface area contributed by atoms with Gasteiger partial charge in [0.05, 0.1) is 0 Å². The summed E-state index contributed by atoms with van der Waals surface area (Å²) in [6, 6.07) is 1.57. The molecule has 0 radical (unpaired) electrons. The van der Waals surface area contributed by atoms with E-state index < -0.39 is 11.7 Å². The summed E-state index contributed by atoms with van der Waals surface area (Å²) in [5.41, 5.74) is -0.577. The van der Waals surface area contributed by atoms with Gasteiger partial charge in [-0.3, -0.25) is 4.79 Å². The van der Waals surface area contributed by atoms with Crippen LogP contribution in [0, 0.1) is 0 Å². The second-order valence-corrected chi connectivity index (χ2v) is 3.55. The molecule has 0 saturated heterocycles. The maximum Gasteiger partial charge on any atom is 0.351 e. The molecule has 0 fully saturated rings. The van der Waals surface area contributed by atoms with E-state index in [4.69, 9.17) is 9.15 Å². The quantitative estimate of drug-likeness (QED) is 0.765. The molecule has 4 nitrogen and oxygen atoms in total. The highest BCUT2D eigenvalue weighted by Gasteiger charge is 2.34. The van der Waals surface area contributed by atoms with Crippen LogP contribution in [0.4, 0.5) is 0 Å². The van der Waals surface area contributed by atoms with E-state index in [2.05, 4.69) is 0 Å². The van der Waals surface area contributed by atoms with Crippen LogP contribution in [0.15, 0.2) is 21.4 Å². The van der Waals surface area contributed by atoms with Crippen molar-refractivity contribution in [3.8, 4) is 5.75 Å². The smallest absolute Gasteiger partial charge is 0.351 e. The standard InChI is InChI=1S/C12H12O4/c1-3-5-7-6-9-10(12(14)15-7)11(13)8(4-2)16-9/h3,5-6,8H,4H2,1-2H3/b5-3+. The van der Waals surface area contributed by atoms with Crippen LogP contribution in [0.1, 0.15) is 36.4 Å². The summed E-state index contributed by atoms with van der Waals surface area (Å²) in [5.74, 6) is 0.454. The van der Waals surface area contributed by atoms with Gasteiger partial charge in [-0.25, -0.2) is 4.79 Å². The van der Waals surface area contributed by atoms with Crippen LogP contribution < -0.4 is 10.4 Å². The van der Waals surface area contributed by atoms with E-state index in [1.807, 2.05) is 13.8 Å². The normalized spacial score (nSPS) is 18.9. The van der Waals surface area contributed by atoms with Gasteiger partial charge >= 0.3 is 5.63 Å². The van der Waals surface area contributed by atoms with Crippen molar-refractivity contribution in [1.29, 1.82) is 0 Å². The molecule has 0 saturated carbocycles. The lowest BCUT2D eigenvalue weighted by Gasteiger charge is -2.04. The van der Waals surface area contributed by atoms with Crippen molar-refractivity contribution in [2.45, 2.75) is 26.4 Å². The van der Waals surface area contributed by atoms with E-state index >= 15 is 0 Å². The van der Waals surface area contributed by atoms with Crippen LogP contribution in [-0.4, -0.2) is 11.9 Å². The SMILES string of the molecule is C/C=C/c1cc2c(c(=O)o1)C(=O)C(CC)O2. The molecule has 1 atom stereocenters. The molecule has 1 aliphatic rings. The zero-order chi connectivity index (χ0) is 11.7. The van der Waals surface area contributed by atoms with Crippen molar-refractivity contribution < 1.29 is 13.9 Å². The minimum absolute atomic E-state index is 0.0418. The van der Waals surface area contributed by atoms with Crippen molar-refractivity contribution in [3.63, 3.8) is 0 Å². The third kappa shape index (κ3) is 1.56. The maximum absolute atomic E-state index is 11.7. The Bertz CT molecular complexity index is 510. The van der Waals surface area contributed by atoms with Crippen LogP contribution >= 0.6 is 0 Å². The van der Waals surface area contributed by atoms with Crippen molar-refractivity contribution in [2.75, 3.05) is 0 Å². The van der Waals surface area contributed by atoms with Crippen molar-refractivity contribution in [2.24, 2.45) is 0 Å². The van der Waals surface area contributed by atoms with Gasteiger partial charge in [0.2, 0.25) is 5.78 Å². The fraction of sp³-hybridized carbons (Fsp3) is 0.333. The highest BCUT2D eigenvalue weighted by Crippen LogP contribution is 2.28. The Morgan fingerprint density at radius 2 is 2.19 bits per heavy atom. The van der Waals surface area contributed by atoms with E-state index in [1.165, 1.54) is 0 Å². The van der Waals surface area contributed by atoms with E-state index in [0.29, 0.717) is 17.9 Å². The topological polar surface area (TPSA) is 56.5 Å². The molecular weight excluding hydrogens is 208 g/mol. The fourth-order valence-electron chi connectivity index (χ4n) is 1.69. The number of fused-ring (bicyclic) bond motifs is 1.